The van der Waals surface area contributed by atoms with Crippen molar-refractivity contribution in [3.8, 4) is 0 Å². The summed E-state index contributed by atoms with van der Waals surface area (Å²) in [4.78, 5) is 27.3. The number of unbranched alkanes of at least 4 members (excludes halogenated alkanes) is 1. The molecule has 0 spiro atoms. The summed E-state index contributed by atoms with van der Waals surface area (Å²) in [6, 6.07) is 11.9. The molecule has 162 valence electrons. The van der Waals surface area contributed by atoms with Crippen molar-refractivity contribution in [3.05, 3.63) is 59.4 Å². The van der Waals surface area contributed by atoms with Crippen LogP contribution in [0.2, 0.25) is 0 Å². The standard InChI is InChI=1S/C22H25N5O4/c1-3-4-11-31-22(30)26-20(23)14-5-8-16(9-6-14)24-13-19-25-17-12-15(21(28)29)7-10-18(17)27(19)2/h5-10,12,24H,3-4,11,13H2,1-2H3,(H,28,29)(H2,23,26,30). The Morgan fingerprint density at radius 3 is 2.55 bits per heavy atom. The second-order valence-electron chi connectivity index (χ2n) is 7.02. The number of carbonyl (C=O) groups excluding carboxylic acids is 1. The normalized spacial score (nSPS) is 10.6. The predicted octanol–water partition coefficient (Wildman–Crippen LogP) is 3.74. The number of nitrogens with one attached hydrogen (secondary N) is 3. The monoisotopic (exact) mass is 423 g/mol. The Morgan fingerprint density at radius 2 is 1.87 bits per heavy atom. The zero-order valence-electron chi connectivity index (χ0n) is 17.4. The van der Waals surface area contributed by atoms with Crippen LogP contribution in [-0.4, -0.2) is 39.2 Å². The summed E-state index contributed by atoms with van der Waals surface area (Å²) in [5.74, 6) is -0.259. The van der Waals surface area contributed by atoms with Crippen LogP contribution in [0, 0.1) is 5.41 Å². The van der Waals surface area contributed by atoms with Crippen molar-refractivity contribution >= 4 is 34.6 Å². The van der Waals surface area contributed by atoms with Gasteiger partial charge in [-0.15, -0.1) is 0 Å². The first-order valence-corrected chi connectivity index (χ1v) is 9.94. The highest BCUT2D eigenvalue weighted by atomic mass is 16.5. The van der Waals surface area contributed by atoms with Crippen molar-refractivity contribution in [1.29, 1.82) is 5.41 Å². The maximum absolute atomic E-state index is 11.7. The van der Waals surface area contributed by atoms with E-state index < -0.39 is 12.1 Å². The van der Waals surface area contributed by atoms with E-state index in [1.165, 1.54) is 0 Å². The molecule has 31 heavy (non-hydrogen) atoms. The third kappa shape index (κ3) is 5.39. The highest BCUT2D eigenvalue weighted by molar-refractivity contribution is 6.04. The number of amidine groups is 1. The van der Waals surface area contributed by atoms with Crippen molar-refractivity contribution in [3.63, 3.8) is 0 Å². The van der Waals surface area contributed by atoms with E-state index in [4.69, 9.17) is 15.3 Å². The lowest BCUT2D eigenvalue weighted by molar-refractivity contribution is 0.0697. The number of aryl methyl sites for hydroxylation is 1. The van der Waals surface area contributed by atoms with Crippen LogP contribution in [0.15, 0.2) is 42.5 Å². The van der Waals surface area contributed by atoms with E-state index >= 15 is 0 Å². The molecule has 2 aromatic carbocycles. The van der Waals surface area contributed by atoms with Gasteiger partial charge in [-0.25, -0.2) is 14.6 Å². The van der Waals surface area contributed by atoms with Gasteiger partial charge in [0.15, 0.2) is 0 Å². The van der Waals surface area contributed by atoms with Gasteiger partial charge in [-0.2, -0.15) is 0 Å². The maximum Gasteiger partial charge on any atom is 0.412 e. The maximum atomic E-state index is 11.7. The summed E-state index contributed by atoms with van der Waals surface area (Å²) in [5.41, 5.74) is 3.05. The minimum atomic E-state index is -0.985. The molecule has 1 amide bonds. The van der Waals surface area contributed by atoms with Gasteiger partial charge >= 0.3 is 12.1 Å². The van der Waals surface area contributed by atoms with E-state index in [1.807, 2.05) is 18.5 Å². The zero-order chi connectivity index (χ0) is 22.4. The number of anilines is 1. The molecule has 9 nitrogen and oxygen atoms in total. The average molecular weight is 423 g/mol. The molecule has 1 heterocycles. The number of fused-ring (bicyclic) bond motifs is 1. The van der Waals surface area contributed by atoms with Crippen LogP contribution in [0.3, 0.4) is 0 Å². The van der Waals surface area contributed by atoms with Crippen LogP contribution in [0.4, 0.5) is 10.5 Å². The van der Waals surface area contributed by atoms with E-state index in [0.717, 1.165) is 29.9 Å². The number of amides is 1. The predicted molar refractivity (Wildman–Crippen MR) is 118 cm³/mol. The van der Waals surface area contributed by atoms with Crippen LogP contribution < -0.4 is 10.6 Å². The van der Waals surface area contributed by atoms with Gasteiger partial charge in [0.2, 0.25) is 0 Å². The van der Waals surface area contributed by atoms with Gasteiger partial charge in [0, 0.05) is 18.3 Å². The summed E-state index contributed by atoms with van der Waals surface area (Å²) in [5, 5.41) is 22.8. The number of imidazole rings is 1. The van der Waals surface area contributed by atoms with Crippen LogP contribution in [0.5, 0.6) is 0 Å². The number of rotatable bonds is 8. The van der Waals surface area contributed by atoms with Crippen LogP contribution in [-0.2, 0) is 18.3 Å². The van der Waals surface area contributed by atoms with E-state index in [0.29, 0.717) is 24.2 Å². The first-order chi connectivity index (χ1) is 14.9. The first kappa shape index (κ1) is 21.8. The number of aromatic nitrogens is 2. The molecule has 3 rings (SSSR count). The summed E-state index contributed by atoms with van der Waals surface area (Å²) in [7, 11) is 1.88. The number of nitrogens with zero attached hydrogens (tertiary/aromatic N) is 2. The van der Waals surface area contributed by atoms with Crippen LogP contribution >= 0.6 is 0 Å². The number of hydrogen-bond donors (Lipinski definition) is 4. The second-order valence-corrected chi connectivity index (χ2v) is 7.02. The molecular formula is C22H25N5O4. The molecule has 4 N–H and O–H groups in total. The summed E-state index contributed by atoms with van der Waals surface area (Å²) >= 11 is 0. The largest absolute Gasteiger partial charge is 0.478 e. The summed E-state index contributed by atoms with van der Waals surface area (Å²) in [6.45, 7) is 2.77. The van der Waals surface area contributed by atoms with E-state index in [1.54, 1.807) is 42.5 Å². The lowest BCUT2D eigenvalue weighted by Gasteiger charge is -2.10. The van der Waals surface area contributed by atoms with Gasteiger partial charge in [-0.1, -0.05) is 13.3 Å². The number of carbonyl (C=O) groups is 2. The number of carboxylic acid groups (broad SMARTS) is 1. The van der Waals surface area contributed by atoms with Gasteiger partial charge < -0.3 is 19.7 Å². The quantitative estimate of drug-likeness (QED) is 0.248. The number of benzene rings is 2. The first-order valence-electron chi connectivity index (χ1n) is 9.94. The van der Waals surface area contributed by atoms with E-state index in [2.05, 4.69) is 15.6 Å². The van der Waals surface area contributed by atoms with Crippen molar-refractivity contribution in [2.45, 2.75) is 26.3 Å². The molecule has 0 saturated carbocycles. The Balaban J connectivity index is 1.60. The van der Waals surface area contributed by atoms with Crippen molar-refractivity contribution < 1.29 is 19.4 Å². The molecule has 0 bridgehead atoms. The van der Waals surface area contributed by atoms with Gasteiger partial charge in [0.1, 0.15) is 11.7 Å². The Bertz CT molecular complexity index is 1110. The number of aromatic carboxylic acids is 1. The lowest BCUT2D eigenvalue weighted by atomic mass is 10.2. The molecule has 1 aromatic heterocycles. The number of alkyl carbamates (subject to hydrolysis) is 1. The second kappa shape index (κ2) is 9.75. The third-order valence-electron chi connectivity index (χ3n) is 4.80. The van der Waals surface area contributed by atoms with Gasteiger partial charge in [0.05, 0.1) is 29.7 Å². The van der Waals surface area contributed by atoms with Gasteiger partial charge in [-0.05, 0) is 48.9 Å². The molecule has 0 saturated heterocycles. The fraction of sp³-hybridized carbons (Fsp3) is 0.273. The molecule has 9 heteroatoms. The Kier molecular flexibility index (Phi) is 6.86. The third-order valence-corrected chi connectivity index (χ3v) is 4.80. The van der Waals surface area contributed by atoms with Crippen LogP contribution in [0.25, 0.3) is 11.0 Å². The highest BCUT2D eigenvalue weighted by Gasteiger charge is 2.11. The molecule has 0 aliphatic carbocycles. The topological polar surface area (TPSA) is 129 Å². The van der Waals surface area contributed by atoms with Crippen molar-refractivity contribution in [1.82, 2.24) is 14.9 Å². The van der Waals surface area contributed by atoms with Gasteiger partial charge in [-0.3, -0.25) is 10.7 Å². The molecule has 0 atom stereocenters. The number of carboxylic acids is 1. The SMILES string of the molecule is CCCCOC(=O)NC(=N)c1ccc(NCc2nc3cc(C(=O)O)ccc3n2C)cc1. The number of hydrogen-bond acceptors (Lipinski definition) is 6. The zero-order valence-corrected chi connectivity index (χ0v) is 17.4. The molecule has 0 aliphatic heterocycles. The van der Waals surface area contributed by atoms with E-state index in [9.17, 15) is 9.59 Å². The minimum absolute atomic E-state index is 0.0300. The molecule has 0 fully saturated rings. The van der Waals surface area contributed by atoms with Gasteiger partial charge in [0.25, 0.3) is 0 Å². The molecule has 0 aliphatic rings. The Hall–Kier alpha value is -3.88. The molecular weight excluding hydrogens is 398 g/mol. The fourth-order valence-electron chi connectivity index (χ4n) is 3.00. The number of ether oxygens (including phenoxy) is 1. The van der Waals surface area contributed by atoms with Crippen molar-refractivity contribution in [2.24, 2.45) is 7.05 Å². The molecule has 3 aromatic rings. The van der Waals surface area contributed by atoms with Crippen molar-refractivity contribution in [2.75, 3.05) is 11.9 Å². The minimum Gasteiger partial charge on any atom is -0.478 e. The average Bonchev–Trinajstić information content (AvgIpc) is 3.07. The smallest absolute Gasteiger partial charge is 0.412 e. The fourth-order valence-corrected chi connectivity index (χ4v) is 3.00. The van der Waals surface area contributed by atoms with E-state index in [-0.39, 0.29) is 11.4 Å². The Morgan fingerprint density at radius 1 is 1.16 bits per heavy atom. The summed E-state index contributed by atoms with van der Waals surface area (Å²) in [6.07, 6.45) is 1.08. The summed E-state index contributed by atoms with van der Waals surface area (Å²) < 4.78 is 6.91. The Labute approximate surface area is 179 Å². The van der Waals surface area contributed by atoms with Crippen LogP contribution in [0.1, 0.15) is 41.5 Å². The lowest BCUT2D eigenvalue weighted by Crippen LogP contribution is -2.31. The highest BCUT2D eigenvalue weighted by Crippen LogP contribution is 2.18. The molecule has 0 radical (unpaired) electrons. The molecule has 0 unspecified atom stereocenters.